The van der Waals surface area contributed by atoms with Crippen LogP contribution in [0.2, 0.25) is 5.02 Å². The van der Waals surface area contributed by atoms with Gasteiger partial charge in [-0.05, 0) is 23.8 Å². The fourth-order valence-electron chi connectivity index (χ4n) is 2.24. The SMILES string of the molecule is O=C(COc1ccccc1F)Nc1ccnn1Cc1ccccc1Cl. The zero-order valence-electron chi connectivity index (χ0n) is 13.2. The van der Waals surface area contributed by atoms with Crippen molar-refractivity contribution < 1.29 is 13.9 Å². The molecule has 0 saturated heterocycles. The highest BCUT2D eigenvalue weighted by Gasteiger charge is 2.11. The number of rotatable bonds is 6. The first-order valence-corrected chi connectivity index (χ1v) is 7.93. The normalized spacial score (nSPS) is 10.5. The molecule has 1 heterocycles. The van der Waals surface area contributed by atoms with Crippen molar-refractivity contribution in [1.29, 1.82) is 0 Å². The lowest BCUT2D eigenvalue weighted by atomic mass is 10.2. The smallest absolute Gasteiger partial charge is 0.263 e. The molecule has 128 valence electrons. The molecular weight excluding hydrogens is 345 g/mol. The number of nitrogens with zero attached hydrogens (tertiary/aromatic N) is 2. The van der Waals surface area contributed by atoms with E-state index in [2.05, 4.69) is 10.4 Å². The molecule has 2 aromatic carbocycles. The van der Waals surface area contributed by atoms with E-state index in [4.69, 9.17) is 16.3 Å². The number of aromatic nitrogens is 2. The number of hydrogen-bond acceptors (Lipinski definition) is 3. The third kappa shape index (κ3) is 4.36. The van der Waals surface area contributed by atoms with Gasteiger partial charge in [0.15, 0.2) is 18.2 Å². The Bertz CT molecular complexity index is 882. The summed E-state index contributed by atoms with van der Waals surface area (Å²) in [5, 5.41) is 7.49. The quantitative estimate of drug-likeness (QED) is 0.729. The number of benzene rings is 2. The highest BCUT2D eigenvalue weighted by molar-refractivity contribution is 6.31. The number of ether oxygens (including phenoxy) is 1. The zero-order chi connectivity index (χ0) is 17.6. The molecule has 0 aliphatic carbocycles. The number of halogens is 2. The van der Waals surface area contributed by atoms with Gasteiger partial charge in [-0.15, -0.1) is 0 Å². The summed E-state index contributed by atoms with van der Waals surface area (Å²) >= 11 is 6.15. The van der Waals surface area contributed by atoms with Crippen LogP contribution in [0.4, 0.5) is 10.2 Å². The molecule has 0 unspecified atom stereocenters. The Hall–Kier alpha value is -2.86. The van der Waals surface area contributed by atoms with E-state index in [1.165, 1.54) is 12.1 Å². The van der Waals surface area contributed by atoms with Crippen LogP contribution in [0.3, 0.4) is 0 Å². The second-order valence-electron chi connectivity index (χ2n) is 5.23. The van der Waals surface area contributed by atoms with Crippen molar-refractivity contribution in [3.8, 4) is 5.75 Å². The summed E-state index contributed by atoms with van der Waals surface area (Å²) in [6.45, 7) is 0.106. The molecule has 1 N–H and O–H groups in total. The van der Waals surface area contributed by atoms with E-state index in [1.807, 2.05) is 18.2 Å². The molecule has 0 saturated carbocycles. The maximum absolute atomic E-state index is 13.5. The Kier molecular flexibility index (Phi) is 5.30. The maximum atomic E-state index is 13.5. The molecule has 0 fully saturated rings. The molecule has 0 aliphatic heterocycles. The van der Waals surface area contributed by atoms with Crippen molar-refractivity contribution in [3.05, 3.63) is 77.2 Å². The Morgan fingerprint density at radius 3 is 2.72 bits per heavy atom. The van der Waals surface area contributed by atoms with Crippen LogP contribution in [0, 0.1) is 5.82 Å². The van der Waals surface area contributed by atoms with Crippen LogP contribution in [-0.2, 0) is 11.3 Å². The van der Waals surface area contributed by atoms with Crippen molar-refractivity contribution in [2.24, 2.45) is 0 Å². The lowest BCUT2D eigenvalue weighted by Gasteiger charge is -2.11. The monoisotopic (exact) mass is 359 g/mol. The fraction of sp³-hybridized carbons (Fsp3) is 0.111. The molecule has 3 rings (SSSR count). The Labute approximate surface area is 149 Å². The lowest BCUT2D eigenvalue weighted by molar-refractivity contribution is -0.118. The second-order valence-corrected chi connectivity index (χ2v) is 5.64. The minimum atomic E-state index is -0.515. The molecule has 7 heteroatoms. The minimum absolute atomic E-state index is 0.0298. The summed E-state index contributed by atoms with van der Waals surface area (Å²) < 4.78 is 20.3. The van der Waals surface area contributed by atoms with Crippen molar-refractivity contribution in [2.75, 3.05) is 11.9 Å². The van der Waals surface area contributed by atoms with Crippen LogP contribution < -0.4 is 10.1 Å². The molecule has 0 atom stereocenters. The number of carbonyl (C=O) groups excluding carboxylic acids is 1. The third-order valence-electron chi connectivity index (χ3n) is 3.46. The van der Waals surface area contributed by atoms with Crippen LogP contribution in [0.15, 0.2) is 60.8 Å². The number of amides is 1. The van der Waals surface area contributed by atoms with E-state index >= 15 is 0 Å². The van der Waals surface area contributed by atoms with Crippen LogP contribution in [0.25, 0.3) is 0 Å². The topological polar surface area (TPSA) is 56.1 Å². The van der Waals surface area contributed by atoms with Crippen molar-refractivity contribution in [2.45, 2.75) is 6.54 Å². The standard InChI is InChI=1S/C18H15ClFN3O2/c19-14-6-2-1-5-13(14)11-23-17(9-10-21-23)22-18(24)12-25-16-8-4-3-7-15(16)20/h1-10H,11-12H2,(H,22,24). The Balaban J connectivity index is 1.62. The van der Waals surface area contributed by atoms with E-state index in [-0.39, 0.29) is 12.4 Å². The van der Waals surface area contributed by atoms with Crippen molar-refractivity contribution >= 4 is 23.3 Å². The second kappa shape index (κ2) is 7.81. The summed E-state index contributed by atoms with van der Waals surface area (Å²) in [6.07, 6.45) is 1.57. The third-order valence-corrected chi connectivity index (χ3v) is 3.83. The molecule has 0 bridgehead atoms. The van der Waals surface area contributed by atoms with E-state index < -0.39 is 11.7 Å². The van der Waals surface area contributed by atoms with Gasteiger partial charge in [-0.1, -0.05) is 41.9 Å². The van der Waals surface area contributed by atoms with Gasteiger partial charge in [0.2, 0.25) is 0 Å². The first-order chi connectivity index (χ1) is 12.1. The lowest BCUT2D eigenvalue weighted by Crippen LogP contribution is -2.22. The van der Waals surface area contributed by atoms with Gasteiger partial charge in [0, 0.05) is 11.1 Å². The number of para-hydroxylation sites is 1. The summed E-state index contributed by atoms with van der Waals surface area (Å²) in [5.41, 5.74) is 0.881. The Morgan fingerprint density at radius 2 is 1.92 bits per heavy atom. The van der Waals surface area contributed by atoms with Gasteiger partial charge >= 0.3 is 0 Å². The summed E-state index contributed by atoms with van der Waals surface area (Å²) in [7, 11) is 0. The Morgan fingerprint density at radius 1 is 1.16 bits per heavy atom. The number of hydrogen-bond donors (Lipinski definition) is 1. The minimum Gasteiger partial charge on any atom is -0.481 e. The van der Waals surface area contributed by atoms with Crippen molar-refractivity contribution in [1.82, 2.24) is 9.78 Å². The maximum Gasteiger partial charge on any atom is 0.263 e. The van der Waals surface area contributed by atoms with Gasteiger partial charge in [-0.3, -0.25) is 4.79 Å². The fourth-order valence-corrected chi connectivity index (χ4v) is 2.43. The van der Waals surface area contributed by atoms with Crippen LogP contribution in [-0.4, -0.2) is 22.3 Å². The predicted octanol–water partition coefficient (Wildman–Crippen LogP) is 3.74. The van der Waals surface area contributed by atoms with Crippen LogP contribution >= 0.6 is 11.6 Å². The summed E-state index contributed by atoms with van der Waals surface area (Å²) in [5.74, 6) is -0.396. The average molecular weight is 360 g/mol. The molecule has 5 nitrogen and oxygen atoms in total. The van der Waals surface area contributed by atoms with Crippen LogP contribution in [0.5, 0.6) is 5.75 Å². The molecule has 0 radical (unpaired) electrons. The van der Waals surface area contributed by atoms with E-state index in [0.717, 1.165) is 5.56 Å². The highest BCUT2D eigenvalue weighted by atomic mass is 35.5. The molecule has 1 aromatic heterocycles. The molecule has 0 spiro atoms. The van der Waals surface area contributed by atoms with Crippen molar-refractivity contribution in [3.63, 3.8) is 0 Å². The number of anilines is 1. The van der Waals surface area contributed by atoms with Crippen LogP contribution in [0.1, 0.15) is 5.56 Å². The molecule has 3 aromatic rings. The molecule has 0 aliphatic rings. The molecular formula is C18H15ClFN3O2. The van der Waals surface area contributed by atoms with E-state index in [9.17, 15) is 9.18 Å². The van der Waals surface area contributed by atoms with E-state index in [0.29, 0.717) is 17.4 Å². The first-order valence-electron chi connectivity index (χ1n) is 7.56. The van der Waals surface area contributed by atoms with Gasteiger partial charge < -0.3 is 10.1 Å². The predicted molar refractivity (Wildman–Crippen MR) is 93.3 cm³/mol. The van der Waals surface area contributed by atoms with Gasteiger partial charge in [-0.25, -0.2) is 9.07 Å². The van der Waals surface area contributed by atoms with Gasteiger partial charge in [0.25, 0.3) is 5.91 Å². The van der Waals surface area contributed by atoms with Gasteiger partial charge in [0.1, 0.15) is 5.82 Å². The highest BCUT2D eigenvalue weighted by Crippen LogP contribution is 2.18. The van der Waals surface area contributed by atoms with Gasteiger partial charge in [-0.2, -0.15) is 5.10 Å². The number of nitrogens with one attached hydrogen (secondary N) is 1. The average Bonchev–Trinajstić information content (AvgIpc) is 3.03. The van der Waals surface area contributed by atoms with Gasteiger partial charge in [0.05, 0.1) is 12.7 Å². The summed E-state index contributed by atoms with van der Waals surface area (Å²) in [6, 6.07) is 15.0. The summed E-state index contributed by atoms with van der Waals surface area (Å²) in [4.78, 5) is 12.0. The first kappa shape index (κ1) is 17.0. The zero-order valence-corrected chi connectivity index (χ0v) is 13.9. The largest absolute Gasteiger partial charge is 0.481 e. The molecule has 25 heavy (non-hydrogen) atoms. The van der Waals surface area contributed by atoms with E-state index in [1.54, 1.807) is 35.1 Å². The molecule has 1 amide bonds. The number of carbonyl (C=O) groups is 1.